The highest BCUT2D eigenvalue weighted by atomic mass is 31.2. The molecule has 0 fully saturated rings. The van der Waals surface area contributed by atoms with Crippen molar-refractivity contribution in [2.75, 3.05) is 0 Å². The summed E-state index contributed by atoms with van der Waals surface area (Å²) in [5, 5.41) is 0. The second-order valence-electron chi connectivity index (χ2n) is 4.73. The van der Waals surface area contributed by atoms with E-state index in [2.05, 4.69) is 4.52 Å². The third-order valence-electron chi connectivity index (χ3n) is 1.75. The van der Waals surface area contributed by atoms with Crippen LogP contribution < -0.4 is 5.73 Å². The van der Waals surface area contributed by atoms with Gasteiger partial charge in [0.1, 0.15) is 0 Å². The van der Waals surface area contributed by atoms with Crippen LogP contribution >= 0.6 is 7.82 Å². The van der Waals surface area contributed by atoms with Crippen molar-refractivity contribution in [3.8, 4) is 0 Å². The van der Waals surface area contributed by atoms with Gasteiger partial charge >= 0.3 is 7.82 Å². The average Bonchev–Trinajstić information content (AvgIpc) is 1.78. The first-order valence-electron chi connectivity index (χ1n) is 4.51. The summed E-state index contributed by atoms with van der Waals surface area (Å²) in [5.74, 6) is 0. The molecule has 0 bridgehead atoms. The van der Waals surface area contributed by atoms with Crippen molar-refractivity contribution >= 4 is 7.82 Å². The minimum atomic E-state index is -4.42. The second kappa shape index (κ2) is 4.73. The SMILES string of the molecule is C[C@@H](OP(=O)(O)O)[C@H](N)CC(C)(C)C. The Bertz CT molecular complexity index is 220. The molecule has 0 aromatic heterocycles. The molecular weight excluding hydrogens is 205 g/mol. The lowest BCUT2D eigenvalue weighted by Crippen LogP contribution is -2.37. The maximum atomic E-state index is 10.5. The molecule has 86 valence electrons. The van der Waals surface area contributed by atoms with Crippen molar-refractivity contribution in [2.45, 2.75) is 46.3 Å². The lowest BCUT2D eigenvalue weighted by molar-refractivity contribution is 0.112. The fourth-order valence-corrected chi connectivity index (χ4v) is 1.76. The lowest BCUT2D eigenvalue weighted by atomic mass is 9.87. The third-order valence-corrected chi connectivity index (χ3v) is 2.36. The fraction of sp³-hybridized carbons (Fsp3) is 1.00. The molecule has 0 aromatic carbocycles. The Labute approximate surface area is 84.9 Å². The van der Waals surface area contributed by atoms with Crippen LogP contribution in [0.5, 0.6) is 0 Å². The predicted octanol–water partition coefficient (Wildman–Crippen LogP) is 1.25. The molecular formula is C8H20NO4P. The van der Waals surface area contributed by atoms with Crippen LogP contribution in [0.1, 0.15) is 34.1 Å². The van der Waals surface area contributed by atoms with Gasteiger partial charge in [0.05, 0.1) is 6.10 Å². The summed E-state index contributed by atoms with van der Waals surface area (Å²) in [6.45, 7) is 7.60. The number of hydrogen-bond donors (Lipinski definition) is 3. The maximum Gasteiger partial charge on any atom is 0.469 e. The predicted molar refractivity (Wildman–Crippen MR) is 54.6 cm³/mol. The van der Waals surface area contributed by atoms with Gasteiger partial charge in [-0.1, -0.05) is 20.8 Å². The van der Waals surface area contributed by atoms with E-state index in [1.54, 1.807) is 6.92 Å². The van der Waals surface area contributed by atoms with Crippen molar-refractivity contribution in [3.63, 3.8) is 0 Å². The Morgan fingerprint density at radius 1 is 1.43 bits per heavy atom. The number of phosphoric ester groups is 1. The van der Waals surface area contributed by atoms with Crippen LogP contribution in [0.4, 0.5) is 0 Å². The summed E-state index contributed by atoms with van der Waals surface area (Å²) in [6, 6.07) is -0.373. The molecule has 14 heavy (non-hydrogen) atoms. The average molecular weight is 225 g/mol. The molecule has 2 atom stereocenters. The zero-order valence-electron chi connectivity index (χ0n) is 9.10. The minimum absolute atomic E-state index is 0.0198. The molecule has 4 N–H and O–H groups in total. The third kappa shape index (κ3) is 7.47. The van der Waals surface area contributed by atoms with Gasteiger partial charge in [-0.2, -0.15) is 0 Å². The van der Waals surface area contributed by atoms with E-state index in [0.29, 0.717) is 6.42 Å². The summed E-state index contributed by atoms with van der Waals surface area (Å²) in [7, 11) is -4.42. The molecule has 0 aromatic rings. The van der Waals surface area contributed by atoms with E-state index in [1.165, 1.54) is 0 Å². The molecule has 0 amide bonds. The van der Waals surface area contributed by atoms with Crippen LogP contribution in [0.2, 0.25) is 0 Å². The summed E-state index contributed by atoms with van der Waals surface area (Å²) >= 11 is 0. The summed E-state index contributed by atoms with van der Waals surface area (Å²) < 4.78 is 15.0. The maximum absolute atomic E-state index is 10.5. The Morgan fingerprint density at radius 2 is 1.86 bits per heavy atom. The van der Waals surface area contributed by atoms with E-state index in [-0.39, 0.29) is 11.5 Å². The fourth-order valence-electron chi connectivity index (χ4n) is 1.17. The minimum Gasteiger partial charge on any atom is -0.325 e. The Kier molecular flexibility index (Phi) is 4.75. The zero-order valence-corrected chi connectivity index (χ0v) is 9.99. The van der Waals surface area contributed by atoms with Crippen LogP contribution in [0.25, 0.3) is 0 Å². The van der Waals surface area contributed by atoms with Gasteiger partial charge in [-0.15, -0.1) is 0 Å². The molecule has 0 rings (SSSR count). The van der Waals surface area contributed by atoms with Crippen LogP contribution in [0, 0.1) is 5.41 Å². The Balaban J connectivity index is 4.14. The van der Waals surface area contributed by atoms with Gasteiger partial charge < -0.3 is 15.5 Å². The van der Waals surface area contributed by atoms with Gasteiger partial charge in [-0.25, -0.2) is 4.57 Å². The van der Waals surface area contributed by atoms with E-state index in [9.17, 15) is 4.57 Å². The van der Waals surface area contributed by atoms with Crippen molar-refractivity contribution in [2.24, 2.45) is 11.1 Å². The van der Waals surface area contributed by atoms with E-state index in [0.717, 1.165) is 0 Å². The van der Waals surface area contributed by atoms with Crippen molar-refractivity contribution in [1.82, 2.24) is 0 Å². The molecule has 0 saturated heterocycles. The van der Waals surface area contributed by atoms with Crippen molar-refractivity contribution in [3.05, 3.63) is 0 Å². The highest BCUT2D eigenvalue weighted by Crippen LogP contribution is 2.38. The molecule has 0 radical (unpaired) electrons. The van der Waals surface area contributed by atoms with Crippen LogP contribution in [-0.2, 0) is 9.09 Å². The highest BCUT2D eigenvalue weighted by molar-refractivity contribution is 7.46. The molecule has 0 saturated carbocycles. The Hall–Kier alpha value is 0.0700. The topological polar surface area (TPSA) is 92.8 Å². The molecule has 0 aliphatic rings. The van der Waals surface area contributed by atoms with Crippen LogP contribution in [0.15, 0.2) is 0 Å². The van der Waals surface area contributed by atoms with Gasteiger partial charge in [-0.3, -0.25) is 4.52 Å². The Morgan fingerprint density at radius 3 is 2.14 bits per heavy atom. The highest BCUT2D eigenvalue weighted by Gasteiger charge is 2.26. The molecule has 0 spiro atoms. The first kappa shape index (κ1) is 14.1. The zero-order chi connectivity index (χ0) is 11.6. The number of nitrogens with two attached hydrogens (primary N) is 1. The van der Waals surface area contributed by atoms with Gasteiger partial charge in [0, 0.05) is 6.04 Å². The molecule has 0 aliphatic carbocycles. The molecule has 5 nitrogen and oxygen atoms in total. The van der Waals surface area contributed by atoms with Gasteiger partial charge in [-0.05, 0) is 18.8 Å². The molecule has 6 heteroatoms. The first-order valence-corrected chi connectivity index (χ1v) is 6.04. The normalized spacial score (nSPS) is 17.9. The second-order valence-corrected chi connectivity index (χ2v) is 5.92. The van der Waals surface area contributed by atoms with Gasteiger partial charge in [0.2, 0.25) is 0 Å². The largest absolute Gasteiger partial charge is 0.469 e. The number of phosphoric acid groups is 1. The smallest absolute Gasteiger partial charge is 0.325 e. The molecule has 0 unspecified atom stereocenters. The van der Waals surface area contributed by atoms with E-state index < -0.39 is 13.9 Å². The van der Waals surface area contributed by atoms with Crippen molar-refractivity contribution < 1.29 is 18.9 Å². The number of hydrogen-bond acceptors (Lipinski definition) is 3. The molecule has 0 heterocycles. The van der Waals surface area contributed by atoms with Crippen LogP contribution in [-0.4, -0.2) is 21.9 Å². The van der Waals surface area contributed by atoms with E-state index >= 15 is 0 Å². The monoisotopic (exact) mass is 225 g/mol. The number of rotatable bonds is 4. The van der Waals surface area contributed by atoms with Gasteiger partial charge in [0.25, 0.3) is 0 Å². The van der Waals surface area contributed by atoms with E-state index in [4.69, 9.17) is 15.5 Å². The standard InChI is InChI=1S/C8H20NO4P/c1-6(13-14(10,11)12)7(9)5-8(2,3)4/h6-7H,5,9H2,1-4H3,(H2,10,11,12)/t6-,7-/m1/s1. The van der Waals surface area contributed by atoms with Gasteiger partial charge in [0.15, 0.2) is 0 Å². The lowest BCUT2D eigenvalue weighted by Gasteiger charge is -2.27. The van der Waals surface area contributed by atoms with Crippen molar-refractivity contribution in [1.29, 1.82) is 0 Å². The summed E-state index contributed by atoms with van der Waals surface area (Å²) in [5.41, 5.74) is 5.76. The van der Waals surface area contributed by atoms with E-state index in [1.807, 2.05) is 20.8 Å². The summed E-state index contributed by atoms with van der Waals surface area (Å²) in [4.78, 5) is 17.1. The quantitative estimate of drug-likeness (QED) is 0.626. The molecule has 0 aliphatic heterocycles. The first-order chi connectivity index (χ1) is 6.01. The van der Waals surface area contributed by atoms with Crippen LogP contribution in [0.3, 0.4) is 0 Å². The summed E-state index contributed by atoms with van der Waals surface area (Å²) in [6.07, 6.45) is 0.00353.